The van der Waals surface area contributed by atoms with Gasteiger partial charge in [-0.25, -0.2) is 14.6 Å². The number of hydrogen-bond donors (Lipinski definition) is 1. The first-order valence-electron chi connectivity index (χ1n) is 7.73. The minimum absolute atomic E-state index is 0.284. The Hall–Kier alpha value is -2.57. The fourth-order valence-corrected chi connectivity index (χ4v) is 3.58. The van der Waals surface area contributed by atoms with Crippen LogP contribution in [-0.4, -0.2) is 19.7 Å². The Labute approximate surface area is 143 Å². The second-order valence-electron chi connectivity index (χ2n) is 5.76. The maximum Gasteiger partial charge on any atom is 0.251 e. The van der Waals surface area contributed by atoms with Gasteiger partial charge in [-0.15, -0.1) is 11.3 Å². The molecule has 3 aromatic heterocycles. The minimum atomic E-state index is -0.284. The third-order valence-corrected chi connectivity index (χ3v) is 4.92. The second-order valence-corrected chi connectivity index (χ2v) is 6.74. The molecule has 4 aromatic rings. The van der Waals surface area contributed by atoms with E-state index >= 15 is 0 Å². The van der Waals surface area contributed by atoms with Crippen LogP contribution in [0.25, 0.3) is 16.9 Å². The lowest BCUT2D eigenvalue weighted by Crippen LogP contribution is -2.16. The van der Waals surface area contributed by atoms with Gasteiger partial charge in [0.15, 0.2) is 0 Å². The number of benzene rings is 1. The predicted octanol–water partition coefficient (Wildman–Crippen LogP) is 3.54. The molecule has 0 saturated carbocycles. The highest BCUT2D eigenvalue weighted by Gasteiger charge is 2.18. The van der Waals surface area contributed by atoms with E-state index in [4.69, 9.17) is 10.7 Å². The molecule has 0 saturated heterocycles. The predicted molar refractivity (Wildman–Crippen MR) is 96.5 cm³/mol. The Morgan fingerprint density at radius 1 is 1.08 bits per heavy atom. The van der Waals surface area contributed by atoms with Crippen molar-refractivity contribution in [3.63, 3.8) is 0 Å². The molecule has 120 valence electrons. The molecular weight excluding hydrogens is 318 g/mol. The van der Waals surface area contributed by atoms with Crippen molar-refractivity contribution < 1.29 is 0 Å². The standard InChI is InChI=1S/C18H17N5S/c1-11-10-12(2)23(22-11)18-20-14-7-4-3-6-13(14)17(21-18)16(19)15-8-5-9-24-15/h3-10,16H,19H2,1-2H3. The van der Waals surface area contributed by atoms with Crippen LogP contribution in [0.3, 0.4) is 0 Å². The summed E-state index contributed by atoms with van der Waals surface area (Å²) in [6.45, 7) is 3.96. The third-order valence-electron chi connectivity index (χ3n) is 3.96. The molecule has 0 spiro atoms. The zero-order chi connectivity index (χ0) is 16.7. The van der Waals surface area contributed by atoms with Gasteiger partial charge in [-0.2, -0.15) is 5.10 Å². The number of nitrogens with two attached hydrogens (primary N) is 1. The molecule has 0 aliphatic carbocycles. The lowest BCUT2D eigenvalue weighted by Gasteiger charge is -2.14. The number of thiophene rings is 1. The summed E-state index contributed by atoms with van der Waals surface area (Å²) in [6.07, 6.45) is 0. The lowest BCUT2D eigenvalue weighted by atomic mass is 10.1. The smallest absolute Gasteiger partial charge is 0.251 e. The van der Waals surface area contributed by atoms with Crippen molar-refractivity contribution in [3.8, 4) is 5.95 Å². The van der Waals surface area contributed by atoms with E-state index in [1.165, 1.54) is 0 Å². The van der Waals surface area contributed by atoms with E-state index in [9.17, 15) is 0 Å². The first-order chi connectivity index (χ1) is 11.6. The van der Waals surface area contributed by atoms with Gasteiger partial charge < -0.3 is 5.73 Å². The highest BCUT2D eigenvalue weighted by atomic mass is 32.1. The summed E-state index contributed by atoms with van der Waals surface area (Å²) in [6, 6.07) is 13.7. The van der Waals surface area contributed by atoms with Gasteiger partial charge in [-0.1, -0.05) is 24.3 Å². The summed E-state index contributed by atoms with van der Waals surface area (Å²) >= 11 is 1.64. The normalized spacial score (nSPS) is 12.6. The third kappa shape index (κ3) is 2.50. The fourth-order valence-electron chi connectivity index (χ4n) is 2.85. The SMILES string of the molecule is Cc1cc(C)n(-c2nc(C(N)c3cccs3)c3ccccc3n2)n1. The minimum Gasteiger partial charge on any atom is -0.318 e. The summed E-state index contributed by atoms with van der Waals surface area (Å²) in [5.41, 5.74) is 10.1. The van der Waals surface area contributed by atoms with Crippen LogP contribution in [0.1, 0.15) is 28.0 Å². The fraction of sp³-hybridized carbons (Fsp3) is 0.167. The number of rotatable bonds is 3. The summed E-state index contributed by atoms with van der Waals surface area (Å²) in [5.74, 6) is 0.557. The molecule has 0 fully saturated rings. The molecule has 0 bridgehead atoms. The number of para-hydroxylation sites is 1. The van der Waals surface area contributed by atoms with Crippen molar-refractivity contribution in [1.29, 1.82) is 0 Å². The van der Waals surface area contributed by atoms with E-state index in [-0.39, 0.29) is 6.04 Å². The first-order valence-corrected chi connectivity index (χ1v) is 8.61. The molecule has 1 aromatic carbocycles. The molecule has 1 unspecified atom stereocenters. The number of hydrogen-bond acceptors (Lipinski definition) is 5. The van der Waals surface area contributed by atoms with Crippen molar-refractivity contribution in [2.75, 3.05) is 0 Å². The quantitative estimate of drug-likeness (QED) is 0.622. The molecule has 3 heterocycles. The number of nitrogens with zero attached hydrogens (tertiary/aromatic N) is 4. The molecule has 6 heteroatoms. The molecular formula is C18H17N5S. The van der Waals surface area contributed by atoms with Gasteiger partial charge in [-0.3, -0.25) is 0 Å². The van der Waals surface area contributed by atoms with E-state index in [2.05, 4.69) is 10.1 Å². The Balaban J connectivity index is 1.96. The van der Waals surface area contributed by atoms with Crippen LogP contribution < -0.4 is 5.73 Å². The second kappa shape index (κ2) is 5.81. The average molecular weight is 335 g/mol. The summed E-state index contributed by atoms with van der Waals surface area (Å²) in [7, 11) is 0. The molecule has 0 aliphatic rings. The van der Waals surface area contributed by atoms with Crippen molar-refractivity contribution in [2.24, 2.45) is 5.73 Å². The monoisotopic (exact) mass is 335 g/mol. The molecule has 0 radical (unpaired) electrons. The van der Waals surface area contributed by atoms with Crippen LogP contribution in [-0.2, 0) is 0 Å². The van der Waals surface area contributed by atoms with Crippen molar-refractivity contribution in [3.05, 3.63) is 69.8 Å². The molecule has 0 amide bonds. The van der Waals surface area contributed by atoms with E-state index in [0.29, 0.717) is 5.95 Å². The number of fused-ring (bicyclic) bond motifs is 1. The van der Waals surface area contributed by atoms with Gasteiger partial charge in [0.05, 0.1) is 22.9 Å². The largest absolute Gasteiger partial charge is 0.318 e. The molecule has 2 N–H and O–H groups in total. The maximum absolute atomic E-state index is 6.51. The Morgan fingerprint density at radius 3 is 2.62 bits per heavy atom. The molecule has 4 rings (SSSR count). The van der Waals surface area contributed by atoms with Gasteiger partial charge in [-0.05, 0) is 37.4 Å². The van der Waals surface area contributed by atoms with E-state index in [0.717, 1.165) is 32.9 Å². The maximum atomic E-state index is 6.51. The van der Waals surface area contributed by atoms with Crippen molar-refractivity contribution in [2.45, 2.75) is 19.9 Å². The highest BCUT2D eigenvalue weighted by Crippen LogP contribution is 2.28. The number of aryl methyl sites for hydroxylation is 2. The van der Waals surface area contributed by atoms with Gasteiger partial charge >= 0.3 is 0 Å². The van der Waals surface area contributed by atoms with E-state index in [1.807, 2.05) is 61.7 Å². The number of aromatic nitrogens is 4. The Bertz CT molecular complexity index is 1000. The van der Waals surface area contributed by atoms with Crippen LogP contribution in [0.4, 0.5) is 0 Å². The van der Waals surface area contributed by atoms with Gasteiger partial charge in [0.25, 0.3) is 5.95 Å². The van der Waals surface area contributed by atoms with Gasteiger partial charge in [0.2, 0.25) is 0 Å². The van der Waals surface area contributed by atoms with Gasteiger partial charge in [0.1, 0.15) is 0 Å². The average Bonchev–Trinajstić information content (AvgIpc) is 3.23. The first kappa shape index (κ1) is 15.0. The van der Waals surface area contributed by atoms with Crippen molar-refractivity contribution >= 4 is 22.2 Å². The van der Waals surface area contributed by atoms with E-state index in [1.54, 1.807) is 16.0 Å². The summed E-state index contributed by atoms with van der Waals surface area (Å²) < 4.78 is 1.77. The van der Waals surface area contributed by atoms with Gasteiger partial charge in [0, 0.05) is 16.0 Å². The zero-order valence-electron chi connectivity index (χ0n) is 13.5. The Kier molecular flexibility index (Phi) is 3.63. The molecule has 5 nitrogen and oxygen atoms in total. The molecule has 1 atom stereocenters. The lowest BCUT2D eigenvalue weighted by molar-refractivity contribution is 0.755. The van der Waals surface area contributed by atoms with Crippen molar-refractivity contribution in [1.82, 2.24) is 19.7 Å². The summed E-state index contributed by atoms with van der Waals surface area (Å²) in [5, 5.41) is 7.51. The van der Waals surface area contributed by atoms with E-state index < -0.39 is 0 Å². The van der Waals surface area contributed by atoms with Crippen LogP contribution in [0.5, 0.6) is 0 Å². The van der Waals surface area contributed by atoms with Crippen LogP contribution >= 0.6 is 11.3 Å². The van der Waals surface area contributed by atoms with Crippen LogP contribution in [0.2, 0.25) is 0 Å². The molecule has 0 aliphatic heterocycles. The highest BCUT2D eigenvalue weighted by molar-refractivity contribution is 7.10. The zero-order valence-corrected chi connectivity index (χ0v) is 14.3. The molecule has 24 heavy (non-hydrogen) atoms. The Morgan fingerprint density at radius 2 is 1.92 bits per heavy atom. The topological polar surface area (TPSA) is 69.6 Å². The summed E-state index contributed by atoms with van der Waals surface area (Å²) in [4.78, 5) is 10.5. The van der Waals surface area contributed by atoms with Crippen LogP contribution in [0, 0.1) is 13.8 Å². The van der Waals surface area contributed by atoms with Crippen LogP contribution in [0.15, 0.2) is 47.8 Å².